The van der Waals surface area contributed by atoms with Crippen LogP contribution in [0.4, 0.5) is 5.69 Å². The van der Waals surface area contributed by atoms with Crippen LogP contribution >= 0.6 is 0 Å². The number of nitrogens with one attached hydrogen (secondary N) is 1. The van der Waals surface area contributed by atoms with Gasteiger partial charge in [0.25, 0.3) is 5.91 Å². The Bertz CT molecular complexity index is 440. The molecule has 1 amide bonds. The molecule has 0 atom stereocenters. The van der Waals surface area contributed by atoms with Crippen LogP contribution in [0.5, 0.6) is 0 Å². The predicted octanol–water partition coefficient (Wildman–Crippen LogP) is 1.26. The number of aromatic nitrogens is 1. The zero-order chi connectivity index (χ0) is 14.4. The molecule has 6 heteroatoms. The number of anilines is 1. The van der Waals surface area contributed by atoms with Gasteiger partial charge in [-0.1, -0.05) is 13.8 Å². The van der Waals surface area contributed by atoms with Gasteiger partial charge in [-0.05, 0) is 12.0 Å². The Labute approximate surface area is 112 Å². The Kier molecular flexibility index (Phi) is 5.41. The van der Waals surface area contributed by atoms with Crippen molar-refractivity contribution in [2.45, 2.75) is 20.3 Å². The van der Waals surface area contributed by atoms with E-state index in [4.69, 9.17) is 5.73 Å². The maximum atomic E-state index is 12.3. The minimum absolute atomic E-state index is 0.158. The molecule has 0 aliphatic carbocycles. The molecule has 0 saturated heterocycles. The van der Waals surface area contributed by atoms with Crippen LogP contribution in [0.3, 0.4) is 0 Å². The fourth-order valence-electron chi connectivity index (χ4n) is 1.75. The zero-order valence-electron chi connectivity index (χ0n) is 11.6. The fraction of sp³-hybridized carbons (Fsp3) is 0.538. The molecule has 1 heterocycles. The standard InChI is InChI=1S/C13H21N3O3/c1-9(2)8-16(5-4-12(17)19-3)13(18)11-6-10(14)7-15-11/h6-7,9,15H,4-5,8,14H2,1-3H3. The topological polar surface area (TPSA) is 88.4 Å². The number of nitrogens with zero attached hydrogens (tertiary/aromatic N) is 1. The summed E-state index contributed by atoms with van der Waals surface area (Å²) in [5.41, 5.74) is 6.53. The number of carbonyl (C=O) groups excluding carboxylic acids is 2. The van der Waals surface area contributed by atoms with Gasteiger partial charge in [-0.2, -0.15) is 0 Å². The van der Waals surface area contributed by atoms with E-state index < -0.39 is 0 Å². The number of amides is 1. The van der Waals surface area contributed by atoms with E-state index in [0.29, 0.717) is 30.4 Å². The molecule has 106 valence electrons. The van der Waals surface area contributed by atoms with E-state index in [9.17, 15) is 9.59 Å². The largest absolute Gasteiger partial charge is 0.469 e. The lowest BCUT2D eigenvalue weighted by Crippen LogP contribution is -2.36. The minimum atomic E-state index is -0.326. The third-order valence-electron chi connectivity index (χ3n) is 2.62. The van der Waals surface area contributed by atoms with E-state index in [0.717, 1.165) is 0 Å². The Morgan fingerprint density at radius 2 is 2.16 bits per heavy atom. The van der Waals surface area contributed by atoms with E-state index in [1.807, 2.05) is 13.8 Å². The molecule has 1 rings (SSSR count). The summed E-state index contributed by atoms with van der Waals surface area (Å²) in [6.07, 6.45) is 1.76. The van der Waals surface area contributed by atoms with E-state index >= 15 is 0 Å². The van der Waals surface area contributed by atoms with Crippen LogP contribution in [0, 0.1) is 5.92 Å². The van der Waals surface area contributed by atoms with Crippen molar-refractivity contribution in [1.82, 2.24) is 9.88 Å². The minimum Gasteiger partial charge on any atom is -0.469 e. The van der Waals surface area contributed by atoms with Crippen molar-refractivity contribution < 1.29 is 14.3 Å². The number of hydrogen-bond acceptors (Lipinski definition) is 4. The molecule has 0 aliphatic rings. The van der Waals surface area contributed by atoms with Gasteiger partial charge in [0, 0.05) is 25.0 Å². The highest BCUT2D eigenvalue weighted by Gasteiger charge is 2.19. The molecule has 0 spiro atoms. The molecular weight excluding hydrogens is 246 g/mol. The molecule has 0 bridgehead atoms. The van der Waals surface area contributed by atoms with Crippen molar-refractivity contribution in [2.24, 2.45) is 5.92 Å². The first-order valence-corrected chi connectivity index (χ1v) is 6.24. The van der Waals surface area contributed by atoms with Crippen molar-refractivity contribution in [3.8, 4) is 0 Å². The molecule has 0 radical (unpaired) electrons. The van der Waals surface area contributed by atoms with Crippen molar-refractivity contribution in [3.63, 3.8) is 0 Å². The van der Waals surface area contributed by atoms with E-state index in [1.165, 1.54) is 7.11 Å². The Morgan fingerprint density at radius 3 is 2.63 bits per heavy atom. The molecule has 6 nitrogen and oxygen atoms in total. The van der Waals surface area contributed by atoms with Gasteiger partial charge in [0.15, 0.2) is 0 Å². The average molecular weight is 267 g/mol. The molecule has 0 saturated carbocycles. The lowest BCUT2D eigenvalue weighted by molar-refractivity contribution is -0.140. The summed E-state index contributed by atoms with van der Waals surface area (Å²) in [6.45, 7) is 4.94. The van der Waals surface area contributed by atoms with Gasteiger partial charge < -0.3 is 20.4 Å². The Morgan fingerprint density at radius 1 is 1.47 bits per heavy atom. The lowest BCUT2D eigenvalue weighted by Gasteiger charge is -2.23. The monoisotopic (exact) mass is 267 g/mol. The molecule has 3 N–H and O–H groups in total. The van der Waals surface area contributed by atoms with Crippen molar-refractivity contribution >= 4 is 17.6 Å². The molecule has 19 heavy (non-hydrogen) atoms. The van der Waals surface area contributed by atoms with E-state index in [1.54, 1.807) is 17.2 Å². The van der Waals surface area contributed by atoms with Gasteiger partial charge in [0.05, 0.1) is 13.5 Å². The summed E-state index contributed by atoms with van der Waals surface area (Å²) in [5.74, 6) is -0.171. The molecule has 0 aliphatic heterocycles. The Hall–Kier alpha value is -1.98. The third kappa shape index (κ3) is 4.65. The normalized spacial score (nSPS) is 10.5. The second-order valence-corrected chi connectivity index (χ2v) is 4.82. The number of methoxy groups -OCH3 is 1. The molecular formula is C13H21N3O3. The van der Waals surface area contributed by atoms with Crippen LogP contribution < -0.4 is 5.73 Å². The maximum absolute atomic E-state index is 12.3. The molecule has 1 aromatic rings. The predicted molar refractivity (Wildman–Crippen MR) is 72.6 cm³/mol. The number of ether oxygens (including phenoxy) is 1. The number of rotatable bonds is 6. The van der Waals surface area contributed by atoms with Gasteiger partial charge in [0.2, 0.25) is 0 Å². The van der Waals surface area contributed by atoms with E-state index in [-0.39, 0.29) is 18.3 Å². The molecule has 0 unspecified atom stereocenters. The maximum Gasteiger partial charge on any atom is 0.307 e. The highest BCUT2D eigenvalue weighted by molar-refractivity contribution is 5.93. The zero-order valence-corrected chi connectivity index (χ0v) is 11.6. The average Bonchev–Trinajstić information content (AvgIpc) is 2.79. The Balaban J connectivity index is 2.72. The van der Waals surface area contributed by atoms with Gasteiger partial charge in [-0.15, -0.1) is 0 Å². The van der Waals surface area contributed by atoms with Crippen molar-refractivity contribution in [3.05, 3.63) is 18.0 Å². The van der Waals surface area contributed by atoms with Crippen molar-refractivity contribution in [1.29, 1.82) is 0 Å². The first kappa shape index (κ1) is 15.1. The number of hydrogen-bond donors (Lipinski definition) is 2. The van der Waals surface area contributed by atoms with Gasteiger partial charge in [-0.3, -0.25) is 9.59 Å². The highest BCUT2D eigenvalue weighted by atomic mass is 16.5. The number of nitrogens with two attached hydrogens (primary N) is 1. The van der Waals surface area contributed by atoms with Crippen LogP contribution in [0.1, 0.15) is 30.8 Å². The fourth-order valence-corrected chi connectivity index (χ4v) is 1.75. The molecule has 1 aromatic heterocycles. The van der Waals surface area contributed by atoms with Crippen LogP contribution in [0.25, 0.3) is 0 Å². The number of H-pyrrole nitrogens is 1. The van der Waals surface area contributed by atoms with Crippen LogP contribution in [0.2, 0.25) is 0 Å². The van der Waals surface area contributed by atoms with Crippen molar-refractivity contribution in [2.75, 3.05) is 25.9 Å². The van der Waals surface area contributed by atoms with Gasteiger partial charge in [-0.25, -0.2) is 0 Å². The lowest BCUT2D eigenvalue weighted by atomic mass is 10.2. The van der Waals surface area contributed by atoms with E-state index in [2.05, 4.69) is 9.72 Å². The summed E-state index contributed by atoms with van der Waals surface area (Å²) in [7, 11) is 1.34. The first-order chi connectivity index (χ1) is 8.93. The summed E-state index contributed by atoms with van der Waals surface area (Å²) in [4.78, 5) is 27.9. The summed E-state index contributed by atoms with van der Waals surface area (Å²) in [5, 5.41) is 0. The van der Waals surface area contributed by atoms with Gasteiger partial charge in [0.1, 0.15) is 5.69 Å². The summed E-state index contributed by atoms with van der Waals surface area (Å²) < 4.78 is 4.59. The third-order valence-corrected chi connectivity index (χ3v) is 2.62. The quantitative estimate of drug-likeness (QED) is 0.759. The smallest absolute Gasteiger partial charge is 0.307 e. The number of esters is 1. The SMILES string of the molecule is COC(=O)CCN(CC(C)C)C(=O)c1cc(N)c[nH]1. The second kappa shape index (κ2) is 6.82. The first-order valence-electron chi connectivity index (χ1n) is 6.24. The number of aromatic amines is 1. The number of nitrogen functional groups attached to an aromatic ring is 1. The molecule has 0 aromatic carbocycles. The van der Waals surface area contributed by atoms with Crippen LogP contribution in [-0.4, -0.2) is 42.0 Å². The van der Waals surface area contributed by atoms with Crippen LogP contribution in [-0.2, 0) is 9.53 Å². The number of carbonyl (C=O) groups is 2. The van der Waals surface area contributed by atoms with Crippen LogP contribution in [0.15, 0.2) is 12.3 Å². The highest BCUT2D eigenvalue weighted by Crippen LogP contribution is 2.10. The summed E-state index contributed by atoms with van der Waals surface area (Å²) in [6, 6.07) is 1.59. The van der Waals surface area contributed by atoms with Gasteiger partial charge >= 0.3 is 5.97 Å². The molecule has 0 fully saturated rings. The second-order valence-electron chi connectivity index (χ2n) is 4.82. The summed E-state index contributed by atoms with van der Waals surface area (Å²) >= 11 is 0.